The van der Waals surface area contributed by atoms with E-state index in [0.717, 1.165) is 9.78 Å². The van der Waals surface area contributed by atoms with Gasteiger partial charge in [-0.05, 0) is 6.26 Å². The second-order valence-electron chi connectivity index (χ2n) is 2.19. The number of hydrogen-bond donors (Lipinski definition) is 0. The maximum absolute atomic E-state index is 10.7. The van der Waals surface area contributed by atoms with Crippen molar-refractivity contribution in [3.63, 3.8) is 0 Å². The number of hydrogen-bond acceptors (Lipinski definition) is 2. The number of hydroxylamine groups is 1. The minimum Gasteiger partial charge on any atom is -0.623 e. The Morgan fingerprint density at radius 3 is 2.00 bits per heavy atom. The van der Waals surface area contributed by atoms with Gasteiger partial charge in [-0.2, -0.15) is 0 Å². The molecule has 0 rings (SSSR count). The Morgan fingerprint density at radius 1 is 1.56 bits per heavy atom. The normalized spacial score (nSPS) is 13.9. The van der Waals surface area contributed by atoms with Crippen molar-refractivity contribution in [3.8, 4) is 0 Å². The minimum absolute atomic E-state index is 0.350. The quantitative estimate of drug-likeness (QED) is 0.185. The van der Waals surface area contributed by atoms with Crippen LogP contribution in [-0.4, -0.2) is 23.1 Å². The van der Waals surface area contributed by atoms with Gasteiger partial charge in [0.15, 0.2) is 0 Å². The summed E-state index contributed by atoms with van der Waals surface area (Å²) in [6.07, 6.45) is 1.92. The van der Waals surface area contributed by atoms with Gasteiger partial charge in [0.05, 0.1) is 0 Å². The van der Waals surface area contributed by atoms with Gasteiger partial charge in [-0.15, -0.1) is 0 Å². The molecule has 0 heterocycles. The summed E-state index contributed by atoms with van der Waals surface area (Å²) in [5.74, 6) is 0.350. The van der Waals surface area contributed by atoms with Crippen LogP contribution in [0.15, 0.2) is 0 Å². The van der Waals surface area contributed by atoms with E-state index in [2.05, 4.69) is 0 Å². The Balaban J connectivity index is 4.16. The third kappa shape index (κ3) is 2.75. The van der Waals surface area contributed by atoms with E-state index in [9.17, 15) is 5.21 Å². The van der Waals surface area contributed by atoms with E-state index in [1.54, 1.807) is 0 Å². The third-order valence-electron chi connectivity index (χ3n) is 1.01. The second kappa shape index (κ2) is 3.77. The molecule has 0 aliphatic rings. The zero-order valence-corrected chi connectivity index (χ0v) is 7.16. The van der Waals surface area contributed by atoms with Crippen LogP contribution in [0.5, 0.6) is 0 Å². The van der Waals surface area contributed by atoms with Gasteiger partial charge in [-0.25, -0.2) is 4.74 Å². The Bertz CT molecular complexity index is 116. The summed E-state index contributed by atoms with van der Waals surface area (Å²) >= 11 is 1.52. The van der Waals surface area contributed by atoms with Crippen LogP contribution in [0.1, 0.15) is 13.8 Å². The van der Waals surface area contributed by atoms with Gasteiger partial charge in [0.1, 0.15) is 7.05 Å². The highest BCUT2D eigenvalue weighted by molar-refractivity contribution is 8.13. The molecule has 0 aromatic rings. The van der Waals surface area contributed by atoms with Crippen molar-refractivity contribution in [2.24, 2.45) is 5.92 Å². The molecule has 54 valence electrons. The van der Waals surface area contributed by atoms with Crippen molar-refractivity contribution >= 4 is 16.8 Å². The van der Waals surface area contributed by atoms with Crippen molar-refractivity contribution in [1.82, 2.24) is 0 Å². The summed E-state index contributed by atoms with van der Waals surface area (Å²) in [4.78, 5) is 0. The van der Waals surface area contributed by atoms with Crippen molar-refractivity contribution in [2.75, 3.05) is 13.3 Å². The molecule has 0 saturated carbocycles. The van der Waals surface area contributed by atoms with Crippen molar-refractivity contribution in [3.05, 3.63) is 5.21 Å². The lowest BCUT2D eigenvalue weighted by Gasteiger charge is -2.06. The molecule has 0 spiro atoms. The van der Waals surface area contributed by atoms with E-state index in [1.807, 2.05) is 20.1 Å². The highest BCUT2D eigenvalue weighted by atomic mass is 32.2. The molecule has 0 aromatic carbocycles. The molecule has 0 N–H and O–H groups in total. The first-order valence-corrected chi connectivity index (χ1v) is 4.13. The van der Waals surface area contributed by atoms with Crippen LogP contribution in [-0.2, 0) is 0 Å². The molecule has 0 saturated heterocycles. The number of rotatable bonds is 1. The van der Waals surface area contributed by atoms with E-state index >= 15 is 0 Å². The van der Waals surface area contributed by atoms with Crippen molar-refractivity contribution in [1.29, 1.82) is 0 Å². The molecular weight excluding hydrogens is 134 g/mol. The Labute approximate surface area is 60.5 Å². The molecule has 2 nitrogen and oxygen atoms in total. The maximum Gasteiger partial charge on any atom is 0.223 e. The maximum atomic E-state index is 10.7. The molecule has 0 aromatic heterocycles. The Morgan fingerprint density at radius 2 is 2.00 bits per heavy atom. The minimum atomic E-state index is 0.350. The molecular formula is C6H13NOS. The molecule has 0 amide bonds. The van der Waals surface area contributed by atoms with Gasteiger partial charge in [-0.1, -0.05) is 25.6 Å². The molecule has 0 atom stereocenters. The van der Waals surface area contributed by atoms with Crippen molar-refractivity contribution < 1.29 is 4.74 Å². The van der Waals surface area contributed by atoms with Gasteiger partial charge in [0.2, 0.25) is 5.04 Å². The number of thioether (sulfide) groups is 1. The summed E-state index contributed by atoms with van der Waals surface area (Å²) in [5.41, 5.74) is 0. The average Bonchev–Trinajstić information content (AvgIpc) is 1.64. The van der Waals surface area contributed by atoms with Gasteiger partial charge >= 0.3 is 0 Å². The highest BCUT2D eigenvalue weighted by Gasteiger charge is 2.09. The number of nitrogens with zero attached hydrogens (tertiary/aromatic N) is 1. The second-order valence-corrected chi connectivity index (χ2v) is 3.02. The first kappa shape index (κ1) is 8.82. The van der Waals surface area contributed by atoms with E-state index in [0.29, 0.717) is 5.92 Å². The standard InChI is InChI=1S/C6H13NOS/c1-5(2)6(9-4)7(3)8/h5H,1-4H3/b7-6-. The predicted molar refractivity (Wildman–Crippen MR) is 42.9 cm³/mol. The molecule has 0 radical (unpaired) electrons. The average molecular weight is 147 g/mol. The summed E-state index contributed by atoms with van der Waals surface area (Å²) in [5, 5.41) is 11.6. The smallest absolute Gasteiger partial charge is 0.223 e. The topological polar surface area (TPSA) is 26.1 Å². The SMILES string of the molecule is CS/C(C(C)C)=[N+](/C)[O-]. The van der Waals surface area contributed by atoms with E-state index in [1.165, 1.54) is 18.8 Å². The predicted octanol–water partition coefficient (Wildman–Crippen LogP) is 1.54. The summed E-state index contributed by atoms with van der Waals surface area (Å²) < 4.78 is 0.926. The first-order chi connectivity index (χ1) is 4.09. The summed E-state index contributed by atoms with van der Waals surface area (Å²) in [7, 11) is 1.53. The lowest BCUT2D eigenvalue weighted by atomic mass is 10.2. The van der Waals surface area contributed by atoms with Crippen LogP contribution in [0.4, 0.5) is 0 Å². The molecule has 3 heteroatoms. The van der Waals surface area contributed by atoms with Crippen LogP contribution in [0.3, 0.4) is 0 Å². The van der Waals surface area contributed by atoms with Gasteiger partial charge in [-0.3, -0.25) is 0 Å². The van der Waals surface area contributed by atoms with Gasteiger partial charge < -0.3 is 5.21 Å². The van der Waals surface area contributed by atoms with Crippen LogP contribution in [0, 0.1) is 11.1 Å². The fourth-order valence-electron chi connectivity index (χ4n) is 0.728. The summed E-state index contributed by atoms with van der Waals surface area (Å²) in [6, 6.07) is 0. The van der Waals surface area contributed by atoms with E-state index in [-0.39, 0.29) is 0 Å². The molecule has 9 heavy (non-hydrogen) atoms. The van der Waals surface area contributed by atoms with Crippen LogP contribution in [0.25, 0.3) is 0 Å². The van der Waals surface area contributed by atoms with E-state index < -0.39 is 0 Å². The van der Waals surface area contributed by atoms with Crippen LogP contribution >= 0.6 is 11.8 Å². The fraction of sp³-hybridized carbons (Fsp3) is 0.833. The Kier molecular flexibility index (Phi) is 3.70. The lowest BCUT2D eigenvalue weighted by molar-refractivity contribution is -0.422. The van der Waals surface area contributed by atoms with Crippen LogP contribution < -0.4 is 0 Å². The Hall–Kier alpha value is -0.180. The first-order valence-electron chi connectivity index (χ1n) is 2.91. The monoisotopic (exact) mass is 147 g/mol. The third-order valence-corrected chi connectivity index (χ3v) is 2.16. The fourth-order valence-corrected chi connectivity index (χ4v) is 1.46. The van der Waals surface area contributed by atoms with E-state index in [4.69, 9.17) is 0 Å². The molecule has 0 aliphatic heterocycles. The zero-order chi connectivity index (χ0) is 7.44. The van der Waals surface area contributed by atoms with Crippen LogP contribution in [0.2, 0.25) is 0 Å². The largest absolute Gasteiger partial charge is 0.623 e. The molecule has 0 aliphatic carbocycles. The lowest BCUT2D eigenvalue weighted by Crippen LogP contribution is -2.13. The highest BCUT2D eigenvalue weighted by Crippen LogP contribution is 2.07. The molecule has 0 unspecified atom stereocenters. The van der Waals surface area contributed by atoms with Crippen molar-refractivity contribution in [2.45, 2.75) is 13.8 Å². The van der Waals surface area contributed by atoms with Gasteiger partial charge in [0, 0.05) is 5.92 Å². The zero-order valence-electron chi connectivity index (χ0n) is 6.34. The van der Waals surface area contributed by atoms with Gasteiger partial charge in [0.25, 0.3) is 0 Å². The summed E-state index contributed by atoms with van der Waals surface area (Å²) in [6.45, 7) is 4.03. The molecule has 0 bridgehead atoms. The molecule has 0 fully saturated rings.